The van der Waals surface area contributed by atoms with Crippen molar-refractivity contribution in [3.8, 4) is 0 Å². The molecule has 1 rings (SSSR count). The van der Waals surface area contributed by atoms with Crippen molar-refractivity contribution < 1.29 is 17.9 Å². The molecule has 88 valence electrons. The van der Waals surface area contributed by atoms with E-state index in [-0.39, 0.29) is 23.5 Å². The van der Waals surface area contributed by atoms with E-state index in [2.05, 4.69) is 4.74 Å². The average Bonchev–Trinajstić information content (AvgIpc) is 2.55. The first-order chi connectivity index (χ1) is 6.87. The van der Waals surface area contributed by atoms with E-state index >= 15 is 0 Å². The zero-order chi connectivity index (χ0) is 11.6. The number of sulfone groups is 1. The quantitative estimate of drug-likeness (QED) is 0.627. The number of carbonyl (C=O) groups excluding carboxylic acids is 1. The smallest absolute Gasteiger partial charge is 0.322 e. The van der Waals surface area contributed by atoms with Gasteiger partial charge in [0.1, 0.15) is 6.04 Å². The molecule has 0 spiro atoms. The van der Waals surface area contributed by atoms with Crippen molar-refractivity contribution in [2.45, 2.75) is 25.4 Å². The largest absolute Gasteiger partial charge is 0.468 e. The van der Waals surface area contributed by atoms with Gasteiger partial charge in [-0.15, -0.1) is 0 Å². The van der Waals surface area contributed by atoms with E-state index < -0.39 is 15.9 Å². The molecule has 1 heterocycles. The van der Waals surface area contributed by atoms with Gasteiger partial charge in [0.15, 0.2) is 9.84 Å². The molecular weight excluding hydrogens is 218 g/mol. The molecule has 0 radical (unpaired) electrons. The second kappa shape index (κ2) is 4.49. The second-order valence-corrected chi connectivity index (χ2v) is 6.15. The van der Waals surface area contributed by atoms with Crippen molar-refractivity contribution in [1.82, 2.24) is 4.90 Å². The Morgan fingerprint density at radius 3 is 2.53 bits per heavy atom. The van der Waals surface area contributed by atoms with Crippen molar-refractivity contribution in [3.05, 3.63) is 0 Å². The highest BCUT2D eigenvalue weighted by Crippen LogP contribution is 2.18. The van der Waals surface area contributed by atoms with Crippen molar-refractivity contribution in [1.29, 1.82) is 0 Å². The van der Waals surface area contributed by atoms with Crippen LogP contribution in [0.3, 0.4) is 0 Å². The van der Waals surface area contributed by atoms with Crippen molar-refractivity contribution in [2.75, 3.05) is 25.7 Å². The first-order valence-corrected chi connectivity index (χ1v) is 6.69. The number of carbonyl (C=O) groups is 1. The van der Waals surface area contributed by atoms with Gasteiger partial charge in [0.05, 0.1) is 18.6 Å². The number of rotatable bonds is 3. The van der Waals surface area contributed by atoms with Crippen LogP contribution in [0.5, 0.6) is 0 Å². The molecule has 2 atom stereocenters. The maximum Gasteiger partial charge on any atom is 0.322 e. The summed E-state index contributed by atoms with van der Waals surface area (Å²) >= 11 is 0. The molecule has 5 nitrogen and oxygen atoms in total. The molecule has 1 aliphatic rings. The summed E-state index contributed by atoms with van der Waals surface area (Å²) in [5.74, 6) is 0.0302. The van der Waals surface area contributed by atoms with Crippen LogP contribution >= 0.6 is 0 Å². The Morgan fingerprint density at radius 1 is 1.53 bits per heavy atom. The van der Waals surface area contributed by atoms with Gasteiger partial charge in [0.25, 0.3) is 0 Å². The Labute approximate surface area is 90.3 Å². The van der Waals surface area contributed by atoms with Gasteiger partial charge in [-0.05, 0) is 20.4 Å². The van der Waals surface area contributed by atoms with Crippen LogP contribution in [0.1, 0.15) is 13.3 Å². The Kier molecular flexibility index (Phi) is 3.72. The van der Waals surface area contributed by atoms with Crippen LogP contribution in [0.4, 0.5) is 0 Å². The molecule has 1 saturated heterocycles. The highest BCUT2D eigenvalue weighted by molar-refractivity contribution is 7.91. The number of ether oxygens (including phenoxy) is 1. The van der Waals surface area contributed by atoms with Gasteiger partial charge in [-0.3, -0.25) is 9.69 Å². The normalized spacial score (nSPS) is 26.5. The molecule has 15 heavy (non-hydrogen) atoms. The Bertz CT molecular complexity index is 338. The predicted octanol–water partition coefficient (Wildman–Crippen LogP) is -0.333. The second-order valence-electron chi connectivity index (χ2n) is 3.92. The molecule has 1 fully saturated rings. The SMILES string of the molecule is COC(=O)C(C)N(C)C1CCS(=O)(=O)C1. The zero-order valence-electron chi connectivity index (χ0n) is 9.26. The van der Waals surface area contributed by atoms with Crippen molar-refractivity contribution in [3.63, 3.8) is 0 Å². The Hall–Kier alpha value is -0.620. The molecule has 0 aliphatic carbocycles. The van der Waals surface area contributed by atoms with Gasteiger partial charge >= 0.3 is 5.97 Å². The number of methoxy groups -OCH3 is 1. The van der Waals surface area contributed by atoms with E-state index in [0.717, 1.165) is 0 Å². The molecule has 0 N–H and O–H groups in total. The summed E-state index contributed by atoms with van der Waals surface area (Å²) < 4.78 is 27.1. The molecule has 2 unspecified atom stereocenters. The lowest BCUT2D eigenvalue weighted by atomic mass is 10.2. The lowest BCUT2D eigenvalue weighted by Gasteiger charge is -2.27. The predicted molar refractivity (Wildman–Crippen MR) is 56.3 cm³/mol. The highest BCUT2D eigenvalue weighted by atomic mass is 32.2. The average molecular weight is 235 g/mol. The maximum absolute atomic E-state index is 11.3. The third-order valence-corrected chi connectivity index (χ3v) is 4.69. The van der Waals surface area contributed by atoms with Gasteiger partial charge < -0.3 is 4.74 Å². The van der Waals surface area contributed by atoms with Gasteiger partial charge in [-0.2, -0.15) is 0 Å². The van der Waals surface area contributed by atoms with Gasteiger partial charge in [0.2, 0.25) is 0 Å². The minimum absolute atomic E-state index is 0.0656. The first kappa shape index (κ1) is 12.4. The van der Waals surface area contributed by atoms with Crippen LogP contribution in [-0.2, 0) is 19.4 Å². The summed E-state index contributed by atoms with van der Waals surface area (Å²) in [5, 5.41) is 0. The summed E-state index contributed by atoms with van der Waals surface area (Å²) in [4.78, 5) is 13.0. The van der Waals surface area contributed by atoms with Crippen LogP contribution in [0.2, 0.25) is 0 Å². The van der Waals surface area contributed by atoms with Crippen molar-refractivity contribution >= 4 is 15.8 Å². The molecule has 0 aromatic heterocycles. The lowest BCUT2D eigenvalue weighted by molar-refractivity contribution is -0.146. The molecule has 0 aromatic carbocycles. The minimum Gasteiger partial charge on any atom is -0.468 e. The highest BCUT2D eigenvalue weighted by Gasteiger charge is 2.34. The van der Waals surface area contributed by atoms with Gasteiger partial charge in [-0.25, -0.2) is 8.42 Å². The third kappa shape index (κ3) is 2.92. The Morgan fingerprint density at radius 2 is 2.13 bits per heavy atom. The maximum atomic E-state index is 11.3. The summed E-state index contributed by atoms with van der Waals surface area (Å²) in [5.41, 5.74) is 0. The van der Waals surface area contributed by atoms with E-state index in [1.54, 1.807) is 18.9 Å². The molecule has 6 heteroatoms. The standard InChI is InChI=1S/C9H17NO4S/c1-7(9(11)14-3)10(2)8-4-5-15(12,13)6-8/h7-8H,4-6H2,1-3H3. The van der Waals surface area contributed by atoms with E-state index in [0.29, 0.717) is 6.42 Å². The van der Waals surface area contributed by atoms with E-state index in [4.69, 9.17) is 0 Å². The summed E-state index contributed by atoms with van der Waals surface area (Å²) in [6.07, 6.45) is 0.597. The summed E-state index contributed by atoms with van der Waals surface area (Å²) in [6, 6.07) is -0.461. The fourth-order valence-corrected chi connectivity index (χ4v) is 3.54. The molecular formula is C9H17NO4S. The molecule has 1 aliphatic heterocycles. The number of hydrogen-bond donors (Lipinski definition) is 0. The van der Waals surface area contributed by atoms with Crippen LogP contribution < -0.4 is 0 Å². The molecule has 0 amide bonds. The Balaban J connectivity index is 2.62. The topological polar surface area (TPSA) is 63.7 Å². The molecule has 0 bridgehead atoms. The molecule has 0 saturated carbocycles. The first-order valence-electron chi connectivity index (χ1n) is 4.87. The van der Waals surface area contributed by atoms with Crippen LogP contribution in [0, 0.1) is 0 Å². The minimum atomic E-state index is -2.90. The number of nitrogens with zero attached hydrogens (tertiary/aromatic N) is 1. The lowest BCUT2D eigenvalue weighted by Crippen LogP contribution is -2.44. The van der Waals surface area contributed by atoms with Crippen molar-refractivity contribution in [2.24, 2.45) is 0 Å². The fraction of sp³-hybridized carbons (Fsp3) is 0.889. The van der Waals surface area contributed by atoms with E-state index in [1.807, 2.05) is 0 Å². The van der Waals surface area contributed by atoms with Gasteiger partial charge in [-0.1, -0.05) is 0 Å². The van der Waals surface area contributed by atoms with E-state index in [9.17, 15) is 13.2 Å². The monoisotopic (exact) mass is 235 g/mol. The van der Waals surface area contributed by atoms with Crippen LogP contribution in [-0.4, -0.2) is 57.0 Å². The zero-order valence-corrected chi connectivity index (χ0v) is 10.1. The van der Waals surface area contributed by atoms with Crippen LogP contribution in [0.25, 0.3) is 0 Å². The summed E-state index contributed by atoms with van der Waals surface area (Å²) in [6.45, 7) is 1.72. The molecule has 0 aromatic rings. The van der Waals surface area contributed by atoms with Gasteiger partial charge in [0, 0.05) is 6.04 Å². The van der Waals surface area contributed by atoms with Crippen LogP contribution in [0.15, 0.2) is 0 Å². The number of esters is 1. The number of likely N-dealkylation sites (N-methyl/N-ethyl adjacent to an activating group) is 1. The van der Waals surface area contributed by atoms with E-state index in [1.165, 1.54) is 7.11 Å². The fourth-order valence-electron chi connectivity index (χ4n) is 1.75. The summed E-state index contributed by atoms with van der Waals surface area (Å²) in [7, 11) is 0.188. The number of hydrogen-bond acceptors (Lipinski definition) is 5. The third-order valence-electron chi connectivity index (χ3n) is 2.94.